The molecule has 0 aromatic heterocycles. The van der Waals surface area contributed by atoms with Crippen molar-refractivity contribution < 1.29 is 4.79 Å². The largest absolute Gasteiger partial charge is 0.326 e. The van der Waals surface area contributed by atoms with Crippen molar-refractivity contribution in [2.24, 2.45) is 0 Å². The van der Waals surface area contributed by atoms with Crippen molar-refractivity contribution in [3.05, 3.63) is 101 Å². The van der Waals surface area contributed by atoms with Gasteiger partial charge < -0.3 is 5.32 Å². The van der Waals surface area contributed by atoms with Gasteiger partial charge in [0.25, 0.3) is 0 Å². The van der Waals surface area contributed by atoms with Crippen LogP contribution in [0.25, 0.3) is 0 Å². The first-order valence-electron chi connectivity index (χ1n) is 9.31. The third kappa shape index (κ3) is 3.70. The molecule has 0 unspecified atom stereocenters. The summed E-state index contributed by atoms with van der Waals surface area (Å²) in [6.07, 6.45) is 3.94. The molecular weight excluding hydrogens is 318 g/mol. The average molecular weight is 341 g/mol. The van der Waals surface area contributed by atoms with E-state index in [2.05, 4.69) is 41.7 Å². The van der Waals surface area contributed by atoms with Crippen LogP contribution in [-0.4, -0.2) is 5.91 Å². The fraction of sp³-hybridized carbons (Fsp3) is 0.208. The Kier molecular flexibility index (Phi) is 4.83. The van der Waals surface area contributed by atoms with Crippen LogP contribution in [0.3, 0.4) is 0 Å². The maximum atomic E-state index is 12.8. The summed E-state index contributed by atoms with van der Waals surface area (Å²) in [5.74, 6) is 0.118. The third-order valence-corrected chi connectivity index (χ3v) is 5.18. The van der Waals surface area contributed by atoms with Gasteiger partial charge in [0.15, 0.2) is 0 Å². The van der Waals surface area contributed by atoms with Crippen molar-refractivity contribution in [1.82, 2.24) is 0 Å². The summed E-state index contributed by atoms with van der Waals surface area (Å²) >= 11 is 0. The van der Waals surface area contributed by atoms with E-state index < -0.39 is 0 Å². The number of amides is 1. The highest BCUT2D eigenvalue weighted by molar-refractivity contribution is 5.91. The van der Waals surface area contributed by atoms with Crippen LogP contribution < -0.4 is 5.32 Å². The third-order valence-electron chi connectivity index (χ3n) is 5.18. The molecule has 2 nitrogen and oxygen atoms in total. The zero-order valence-corrected chi connectivity index (χ0v) is 14.8. The molecule has 0 aliphatic heterocycles. The van der Waals surface area contributed by atoms with Crippen molar-refractivity contribution in [2.45, 2.75) is 31.6 Å². The molecule has 0 bridgehead atoms. The molecule has 130 valence electrons. The minimum absolute atomic E-state index is 0.0562. The van der Waals surface area contributed by atoms with E-state index in [0.717, 1.165) is 18.5 Å². The maximum absolute atomic E-state index is 12.8. The second kappa shape index (κ2) is 7.57. The summed E-state index contributed by atoms with van der Waals surface area (Å²) in [4.78, 5) is 12.8. The van der Waals surface area contributed by atoms with Gasteiger partial charge in [0.1, 0.15) is 0 Å². The SMILES string of the molecule is O=C(CC(c1ccccc1)c1ccccc1)Nc1ccc2c(c1)CCC2. The van der Waals surface area contributed by atoms with Gasteiger partial charge in [-0.25, -0.2) is 0 Å². The van der Waals surface area contributed by atoms with Gasteiger partial charge in [0.2, 0.25) is 5.91 Å². The van der Waals surface area contributed by atoms with Gasteiger partial charge in [-0.05, 0) is 53.6 Å². The molecule has 2 heteroatoms. The Labute approximate surface area is 154 Å². The smallest absolute Gasteiger partial charge is 0.225 e. The number of carbonyl (C=O) groups excluding carboxylic acids is 1. The van der Waals surface area contributed by atoms with Gasteiger partial charge >= 0.3 is 0 Å². The first kappa shape index (κ1) is 16.6. The molecular formula is C24H23NO. The van der Waals surface area contributed by atoms with E-state index >= 15 is 0 Å². The highest BCUT2D eigenvalue weighted by Crippen LogP contribution is 2.29. The molecule has 0 radical (unpaired) electrons. The zero-order valence-electron chi connectivity index (χ0n) is 14.8. The first-order valence-corrected chi connectivity index (χ1v) is 9.31. The van der Waals surface area contributed by atoms with Crippen LogP contribution in [0.1, 0.15) is 41.0 Å². The van der Waals surface area contributed by atoms with Crippen LogP contribution in [0.4, 0.5) is 5.69 Å². The Hall–Kier alpha value is -2.87. The summed E-state index contributed by atoms with van der Waals surface area (Å²) in [6.45, 7) is 0. The van der Waals surface area contributed by atoms with Gasteiger partial charge in [-0.15, -0.1) is 0 Å². The topological polar surface area (TPSA) is 29.1 Å². The predicted molar refractivity (Wildman–Crippen MR) is 106 cm³/mol. The van der Waals surface area contributed by atoms with Crippen LogP contribution in [-0.2, 0) is 17.6 Å². The molecule has 0 heterocycles. The van der Waals surface area contributed by atoms with Gasteiger partial charge in [-0.3, -0.25) is 4.79 Å². The fourth-order valence-corrected chi connectivity index (χ4v) is 3.85. The number of aryl methyl sites for hydroxylation is 2. The molecule has 1 N–H and O–H groups in total. The van der Waals surface area contributed by atoms with Crippen LogP contribution in [0, 0.1) is 0 Å². The van der Waals surface area contributed by atoms with Crippen molar-refractivity contribution >= 4 is 11.6 Å². The molecule has 0 atom stereocenters. The summed E-state index contributed by atoms with van der Waals surface area (Å²) in [5.41, 5.74) is 6.06. The van der Waals surface area contributed by atoms with E-state index in [9.17, 15) is 4.79 Å². The monoisotopic (exact) mass is 341 g/mol. The highest BCUT2D eigenvalue weighted by Gasteiger charge is 2.19. The zero-order chi connectivity index (χ0) is 17.8. The average Bonchev–Trinajstić information content (AvgIpc) is 3.15. The summed E-state index contributed by atoms with van der Waals surface area (Å²) in [6, 6.07) is 26.9. The molecule has 3 aromatic rings. The van der Waals surface area contributed by atoms with Crippen LogP contribution >= 0.6 is 0 Å². The molecule has 4 rings (SSSR count). The molecule has 1 amide bonds. The van der Waals surface area contributed by atoms with E-state index in [-0.39, 0.29) is 11.8 Å². The van der Waals surface area contributed by atoms with E-state index in [1.54, 1.807) is 0 Å². The summed E-state index contributed by atoms with van der Waals surface area (Å²) in [5, 5.41) is 3.10. The van der Waals surface area contributed by atoms with Gasteiger partial charge in [0.05, 0.1) is 0 Å². The molecule has 0 saturated carbocycles. The Morgan fingerprint density at radius 2 is 1.42 bits per heavy atom. The van der Waals surface area contributed by atoms with Crippen molar-refractivity contribution in [3.8, 4) is 0 Å². The maximum Gasteiger partial charge on any atom is 0.225 e. The lowest BCUT2D eigenvalue weighted by molar-refractivity contribution is -0.116. The standard InChI is InChI=1S/C24H23NO/c26-24(25-22-15-14-18-12-7-13-21(18)16-22)17-23(19-8-3-1-4-9-19)20-10-5-2-6-11-20/h1-6,8-11,14-16,23H,7,12-13,17H2,(H,25,26). The van der Waals surface area contributed by atoms with Crippen LogP contribution in [0.5, 0.6) is 0 Å². The van der Waals surface area contributed by atoms with E-state index in [1.807, 2.05) is 42.5 Å². The molecule has 1 aliphatic rings. The lowest BCUT2D eigenvalue weighted by Crippen LogP contribution is -2.16. The highest BCUT2D eigenvalue weighted by atomic mass is 16.1. The number of hydrogen-bond donors (Lipinski definition) is 1. The number of hydrogen-bond acceptors (Lipinski definition) is 1. The van der Waals surface area contributed by atoms with Gasteiger partial charge in [-0.1, -0.05) is 66.7 Å². The Bertz CT molecular complexity index is 847. The quantitative estimate of drug-likeness (QED) is 0.667. The van der Waals surface area contributed by atoms with Crippen molar-refractivity contribution in [3.63, 3.8) is 0 Å². The number of rotatable bonds is 5. The number of nitrogens with one attached hydrogen (secondary N) is 1. The second-order valence-corrected chi connectivity index (χ2v) is 6.96. The number of carbonyl (C=O) groups is 1. The predicted octanol–water partition coefficient (Wildman–Crippen LogP) is 5.34. The number of fused-ring (bicyclic) bond motifs is 1. The molecule has 0 spiro atoms. The normalized spacial score (nSPS) is 12.8. The summed E-state index contributed by atoms with van der Waals surface area (Å²) in [7, 11) is 0. The van der Waals surface area contributed by atoms with Gasteiger partial charge in [0, 0.05) is 18.0 Å². The minimum atomic E-state index is 0.0562. The first-order chi connectivity index (χ1) is 12.8. The Balaban J connectivity index is 1.53. The number of anilines is 1. The number of benzene rings is 3. The lowest BCUT2D eigenvalue weighted by atomic mass is 9.88. The second-order valence-electron chi connectivity index (χ2n) is 6.96. The van der Waals surface area contributed by atoms with Crippen molar-refractivity contribution in [2.75, 3.05) is 5.32 Å². The molecule has 3 aromatic carbocycles. The van der Waals surface area contributed by atoms with E-state index in [1.165, 1.54) is 28.7 Å². The van der Waals surface area contributed by atoms with Crippen molar-refractivity contribution in [1.29, 1.82) is 0 Å². The fourth-order valence-electron chi connectivity index (χ4n) is 3.85. The van der Waals surface area contributed by atoms with Gasteiger partial charge in [-0.2, -0.15) is 0 Å². The van der Waals surface area contributed by atoms with E-state index in [0.29, 0.717) is 6.42 Å². The summed E-state index contributed by atoms with van der Waals surface area (Å²) < 4.78 is 0. The lowest BCUT2D eigenvalue weighted by Gasteiger charge is -2.18. The molecule has 26 heavy (non-hydrogen) atoms. The Morgan fingerprint density at radius 1 is 0.808 bits per heavy atom. The Morgan fingerprint density at radius 3 is 2.08 bits per heavy atom. The molecule has 0 saturated heterocycles. The van der Waals surface area contributed by atoms with Crippen LogP contribution in [0.2, 0.25) is 0 Å². The molecule has 1 aliphatic carbocycles. The van der Waals surface area contributed by atoms with Crippen LogP contribution in [0.15, 0.2) is 78.9 Å². The van der Waals surface area contributed by atoms with E-state index in [4.69, 9.17) is 0 Å². The molecule has 0 fully saturated rings. The minimum Gasteiger partial charge on any atom is -0.326 e.